The molecule has 0 aliphatic carbocycles. The van der Waals surface area contributed by atoms with E-state index in [-0.39, 0.29) is 10.9 Å². The second-order valence-electron chi connectivity index (χ2n) is 2.16. The van der Waals surface area contributed by atoms with Crippen LogP contribution in [0.1, 0.15) is 27.6 Å². The van der Waals surface area contributed by atoms with Gasteiger partial charge in [0.2, 0.25) is 0 Å². The summed E-state index contributed by atoms with van der Waals surface area (Å²) in [5.41, 5.74) is 5.48. The smallest absolute Gasteiger partial charge is 0.347 e. The summed E-state index contributed by atoms with van der Waals surface area (Å²) >= 11 is 1.11. The number of carboxylic acid groups (broad SMARTS) is 1. The van der Waals surface area contributed by atoms with Crippen LogP contribution in [-0.2, 0) is 0 Å². The third kappa shape index (κ3) is 1.75. The molecule has 60 valence electrons. The first-order valence-corrected chi connectivity index (χ1v) is 3.87. The van der Waals surface area contributed by atoms with Crippen LogP contribution in [0.5, 0.6) is 0 Å². The Morgan fingerprint density at radius 2 is 2.55 bits per heavy atom. The summed E-state index contributed by atoms with van der Waals surface area (Å²) in [6.07, 6.45) is 1.33. The van der Waals surface area contributed by atoms with Gasteiger partial charge in [-0.05, 0) is 6.92 Å². The lowest BCUT2D eigenvalue weighted by molar-refractivity contribution is 0.0702. The van der Waals surface area contributed by atoms with Gasteiger partial charge in [0.05, 0.1) is 12.2 Å². The molecular formula is C6H8N2O2S. The van der Waals surface area contributed by atoms with Crippen molar-refractivity contribution >= 4 is 17.3 Å². The molecule has 11 heavy (non-hydrogen) atoms. The van der Waals surface area contributed by atoms with Gasteiger partial charge in [0, 0.05) is 0 Å². The van der Waals surface area contributed by atoms with Gasteiger partial charge in [-0.25, -0.2) is 9.78 Å². The van der Waals surface area contributed by atoms with E-state index in [4.69, 9.17) is 10.8 Å². The number of hydrogen-bond donors (Lipinski definition) is 2. The Morgan fingerprint density at radius 1 is 1.91 bits per heavy atom. The minimum absolute atomic E-state index is 0.187. The Morgan fingerprint density at radius 3 is 2.82 bits per heavy atom. The number of carboxylic acids is 1. The van der Waals surface area contributed by atoms with Crippen molar-refractivity contribution in [1.82, 2.24) is 4.98 Å². The number of aromatic carboxylic acids is 1. The van der Waals surface area contributed by atoms with E-state index in [1.807, 2.05) is 0 Å². The first kappa shape index (κ1) is 8.16. The highest BCUT2D eigenvalue weighted by Crippen LogP contribution is 2.17. The molecule has 0 fully saturated rings. The molecule has 0 radical (unpaired) electrons. The number of aromatic nitrogens is 1. The number of nitrogens with two attached hydrogens (primary N) is 1. The molecule has 0 unspecified atom stereocenters. The first-order valence-electron chi connectivity index (χ1n) is 3.06. The zero-order valence-corrected chi connectivity index (χ0v) is 6.76. The molecule has 4 nitrogen and oxygen atoms in total. The fourth-order valence-corrected chi connectivity index (χ4v) is 1.31. The van der Waals surface area contributed by atoms with Crippen LogP contribution < -0.4 is 5.73 Å². The van der Waals surface area contributed by atoms with Crippen molar-refractivity contribution in [1.29, 1.82) is 0 Å². The Balaban J connectivity index is 2.90. The molecule has 0 aliphatic heterocycles. The molecule has 0 aliphatic rings. The largest absolute Gasteiger partial charge is 0.477 e. The average molecular weight is 172 g/mol. The van der Waals surface area contributed by atoms with Crippen molar-refractivity contribution in [3.63, 3.8) is 0 Å². The van der Waals surface area contributed by atoms with Gasteiger partial charge in [0.15, 0.2) is 0 Å². The lowest BCUT2D eigenvalue weighted by Gasteiger charge is -1.95. The Kier molecular flexibility index (Phi) is 2.21. The average Bonchev–Trinajstić information content (AvgIpc) is 2.33. The summed E-state index contributed by atoms with van der Waals surface area (Å²) < 4.78 is 0. The topological polar surface area (TPSA) is 76.2 Å². The molecule has 1 aromatic heterocycles. The summed E-state index contributed by atoms with van der Waals surface area (Å²) in [6, 6.07) is -0.187. The SMILES string of the molecule is C[C@@H](N)c1ncc(C(=O)O)s1. The van der Waals surface area contributed by atoms with Crippen molar-refractivity contribution in [3.8, 4) is 0 Å². The molecular weight excluding hydrogens is 164 g/mol. The molecule has 0 amide bonds. The minimum Gasteiger partial charge on any atom is -0.477 e. The molecule has 1 atom stereocenters. The van der Waals surface area contributed by atoms with Gasteiger partial charge in [-0.15, -0.1) is 11.3 Å². The second-order valence-corrected chi connectivity index (χ2v) is 3.22. The normalized spacial score (nSPS) is 12.9. The molecule has 0 aromatic carbocycles. The van der Waals surface area contributed by atoms with Crippen LogP contribution in [0.15, 0.2) is 6.20 Å². The van der Waals surface area contributed by atoms with Gasteiger partial charge in [-0.3, -0.25) is 0 Å². The summed E-state index contributed by atoms with van der Waals surface area (Å²) in [5.74, 6) is -0.950. The summed E-state index contributed by atoms with van der Waals surface area (Å²) in [5, 5.41) is 9.16. The van der Waals surface area contributed by atoms with Crippen molar-refractivity contribution in [3.05, 3.63) is 16.1 Å². The summed E-state index contributed by atoms with van der Waals surface area (Å²) in [7, 11) is 0. The Bertz CT molecular complexity index is 269. The van der Waals surface area contributed by atoms with Crippen LogP contribution in [0.25, 0.3) is 0 Å². The minimum atomic E-state index is -0.950. The zero-order valence-electron chi connectivity index (χ0n) is 5.94. The van der Waals surface area contributed by atoms with Crippen molar-refractivity contribution < 1.29 is 9.90 Å². The molecule has 0 saturated carbocycles. The fraction of sp³-hybridized carbons (Fsp3) is 0.333. The highest BCUT2D eigenvalue weighted by Gasteiger charge is 2.10. The highest BCUT2D eigenvalue weighted by molar-refractivity contribution is 7.13. The zero-order chi connectivity index (χ0) is 8.43. The predicted octanol–water partition coefficient (Wildman–Crippen LogP) is 0.861. The van der Waals surface area contributed by atoms with Crippen LogP contribution in [0.4, 0.5) is 0 Å². The molecule has 1 aromatic rings. The monoisotopic (exact) mass is 172 g/mol. The third-order valence-corrected chi connectivity index (χ3v) is 2.31. The number of nitrogens with zero attached hydrogens (tertiary/aromatic N) is 1. The first-order chi connectivity index (χ1) is 5.11. The van der Waals surface area contributed by atoms with Crippen LogP contribution in [0, 0.1) is 0 Å². The number of rotatable bonds is 2. The lowest BCUT2D eigenvalue weighted by Crippen LogP contribution is -2.03. The standard InChI is InChI=1S/C6H8N2O2S/c1-3(7)5-8-2-4(11-5)6(9)10/h2-3H,7H2,1H3,(H,9,10)/t3-/m1/s1. The lowest BCUT2D eigenvalue weighted by atomic mass is 10.4. The van der Waals surface area contributed by atoms with Gasteiger partial charge in [0.25, 0.3) is 0 Å². The Labute approximate surface area is 67.7 Å². The van der Waals surface area contributed by atoms with E-state index in [0.29, 0.717) is 5.01 Å². The predicted molar refractivity (Wildman–Crippen MR) is 41.7 cm³/mol. The molecule has 0 saturated heterocycles. The molecule has 1 heterocycles. The maximum Gasteiger partial charge on any atom is 0.347 e. The van der Waals surface area contributed by atoms with E-state index in [1.165, 1.54) is 6.20 Å². The van der Waals surface area contributed by atoms with E-state index in [2.05, 4.69) is 4.98 Å². The van der Waals surface area contributed by atoms with Crippen LogP contribution in [-0.4, -0.2) is 16.1 Å². The summed E-state index contributed by atoms with van der Waals surface area (Å²) in [6.45, 7) is 1.77. The van der Waals surface area contributed by atoms with E-state index >= 15 is 0 Å². The van der Waals surface area contributed by atoms with E-state index in [1.54, 1.807) is 6.92 Å². The van der Waals surface area contributed by atoms with Gasteiger partial charge >= 0.3 is 5.97 Å². The van der Waals surface area contributed by atoms with E-state index in [9.17, 15) is 4.79 Å². The van der Waals surface area contributed by atoms with E-state index < -0.39 is 5.97 Å². The molecule has 0 spiro atoms. The van der Waals surface area contributed by atoms with Gasteiger partial charge in [-0.1, -0.05) is 0 Å². The van der Waals surface area contributed by atoms with Gasteiger partial charge in [-0.2, -0.15) is 0 Å². The number of carbonyl (C=O) groups is 1. The maximum absolute atomic E-state index is 10.4. The highest BCUT2D eigenvalue weighted by atomic mass is 32.1. The van der Waals surface area contributed by atoms with Gasteiger partial charge in [0.1, 0.15) is 9.88 Å². The molecule has 0 bridgehead atoms. The van der Waals surface area contributed by atoms with Crippen LogP contribution in [0.2, 0.25) is 0 Å². The molecule has 3 N–H and O–H groups in total. The van der Waals surface area contributed by atoms with Crippen LogP contribution in [0.3, 0.4) is 0 Å². The maximum atomic E-state index is 10.4. The van der Waals surface area contributed by atoms with Gasteiger partial charge < -0.3 is 10.8 Å². The third-order valence-electron chi connectivity index (χ3n) is 1.12. The summed E-state index contributed by atoms with van der Waals surface area (Å²) in [4.78, 5) is 14.4. The second kappa shape index (κ2) is 2.98. The van der Waals surface area contributed by atoms with Crippen molar-refractivity contribution in [2.75, 3.05) is 0 Å². The number of thiazole rings is 1. The van der Waals surface area contributed by atoms with Crippen LogP contribution >= 0.6 is 11.3 Å². The fourth-order valence-electron chi connectivity index (χ4n) is 0.597. The molecule has 1 rings (SSSR count). The Hall–Kier alpha value is -0.940. The number of hydrogen-bond acceptors (Lipinski definition) is 4. The molecule has 5 heteroatoms. The van der Waals surface area contributed by atoms with Crippen molar-refractivity contribution in [2.45, 2.75) is 13.0 Å². The van der Waals surface area contributed by atoms with Crippen molar-refractivity contribution in [2.24, 2.45) is 5.73 Å². The quantitative estimate of drug-likeness (QED) is 0.693. The van der Waals surface area contributed by atoms with E-state index in [0.717, 1.165) is 11.3 Å².